The topological polar surface area (TPSA) is 111 Å². The second-order valence-corrected chi connectivity index (χ2v) is 7.83. The minimum Gasteiger partial charge on any atom is -0.422 e. The van der Waals surface area contributed by atoms with Gasteiger partial charge in [-0.1, -0.05) is 18.2 Å². The molecule has 5 rings (SSSR count). The number of nitrogens with one attached hydrogen (secondary N) is 1. The molecule has 29 heavy (non-hydrogen) atoms. The number of nitrogens with two attached hydrogens (primary N) is 1. The van der Waals surface area contributed by atoms with Crippen molar-refractivity contribution in [1.29, 1.82) is 0 Å². The summed E-state index contributed by atoms with van der Waals surface area (Å²) in [5.74, 6) is 0.0866. The van der Waals surface area contributed by atoms with E-state index in [-0.39, 0.29) is 17.5 Å². The molecule has 8 heteroatoms. The lowest BCUT2D eigenvalue weighted by Crippen LogP contribution is -2.29. The minimum atomic E-state index is -0.624. The van der Waals surface area contributed by atoms with Crippen molar-refractivity contribution < 1.29 is 9.21 Å². The van der Waals surface area contributed by atoms with Crippen LogP contribution in [-0.2, 0) is 0 Å². The second-order valence-electron chi connectivity index (χ2n) is 6.95. The van der Waals surface area contributed by atoms with Gasteiger partial charge in [0.25, 0.3) is 5.91 Å². The SMILES string of the molecule is Nc1ncnc2c(C=Cc3ccc4oc(=O)c(C(=O)NC5CC5)cc4c3)csc12. The maximum absolute atomic E-state index is 12.3. The summed E-state index contributed by atoms with van der Waals surface area (Å²) >= 11 is 1.50. The first-order valence-electron chi connectivity index (χ1n) is 9.13. The van der Waals surface area contributed by atoms with Crippen molar-refractivity contribution in [2.24, 2.45) is 0 Å². The molecular formula is C21H16N4O3S. The Morgan fingerprint density at radius 2 is 2.10 bits per heavy atom. The van der Waals surface area contributed by atoms with Crippen LogP contribution in [-0.4, -0.2) is 21.9 Å². The maximum atomic E-state index is 12.3. The highest BCUT2D eigenvalue weighted by atomic mass is 32.1. The standard InChI is InChI=1S/C21H16N4O3S/c22-19-18-17(23-10-24-19)12(9-29-18)3-1-11-2-6-16-13(7-11)8-15(21(27)28-16)20(26)25-14-4-5-14/h1-3,6-10,14H,4-5H2,(H,25,26)(H2,22,23,24). The Balaban J connectivity index is 1.49. The summed E-state index contributed by atoms with van der Waals surface area (Å²) in [7, 11) is 0. The average molecular weight is 404 g/mol. The fourth-order valence-electron chi connectivity index (χ4n) is 3.09. The summed E-state index contributed by atoms with van der Waals surface area (Å²) in [6.45, 7) is 0. The van der Waals surface area contributed by atoms with Crippen LogP contribution in [0.1, 0.15) is 34.3 Å². The van der Waals surface area contributed by atoms with Crippen LogP contribution in [0, 0.1) is 0 Å². The molecule has 3 N–H and O–H groups in total. The van der Waals surface area contributed by atoms with E-state index in [2.05, 4.69) is 15.3 Å². The first kappa shape index (κ1) is 17.6. The van der Waals surface area contributed by atoms with Gasteiger partial charge in [0, 0.05) is 22.4 Å². The summed E-state index contributed by atoms with van der Waals surface area (Å²) in [5, 5.41) is 5.49. The van der Waals surface area contributed by atoms with Gasteiger partial charge >= 0.3 is 5.63 Å². The number of carbonyl (C=O) groups is 1. The van der Waals surface area contributed by atoms with E-state index in [0.29, 0.717) is 16.8 Å². The normalized spacial score (nSPS) is 14.1. The second kappa shape index (κ2) is 6.82. The summed E-state index contributed by atoms with van der Waals surface area (Å²) in [6, 6.07) is 7.21. The lowest BCUT2D eigenvalue weighted by molar-refractivity contribution is 0.0947. The van der Waals surface area contributed by atoms with Crippen molar-refractivity contribution in [3.8, 4) is 0 Å². The monoisotopic (exact) mass is 404 g/mol. The molecule has 0 unspecified atom stereocenters. The number of hydrogen-bond acceptors (Lipinski definition) is 7. The zero-order chi connectivity index (χ0) is 20.0. The molecule has 3 aromatic heterocycles. The number of hydrogen-bond donors (Lipinski definition) is 2. The first-order chi connectivity index (χ1) is 14.1. The van der Waals surface area contributed by atoms with Gasteiger partial charge in [-0.25, -0.2) is 14.8 Å². The molecule has 0 spiro atoms. The van der Waals surface area contributed by atoms with Crippen LogP contribution >= 0.6 is 11.3 Å². The molecule has 3 heterocycles. The van der Waals surface area contributed by atoms with Crippen molar-refractivity contribution in [2.45, 2.75) is 18.9 Å². The van der Waals surface area contributed by atoms with Crippen molar-refractivity contribution in [3.05, 3.63) is 63.1 Å². The van der Waals surface area contributed by atoms with Crippen LogP contribution in [0.25, 0.3) is 33.3 Å². The maximum Gasteiger partial charge on any atom is 0.349 e. The number of fused-ring (bicyclic) bond motifs is 2. The number of nitrogens with zero attached hydrogens (tertiary/aromatic N) is 2. The fourth-order valence-corrected chi connectivity index (χ4v) is 3.98. The number of benzene rings is 1. The summed E-state index contributed by atoms with van der Waals surface area (Å²) in [4.78, 5) is 32.7. The largest absolute Gasteiger partial charge is 0.422 e. The van der Waals surface area contributed by atoms with Gasteiger partial charge in [-0.3, -0.25) is 4.79 Å². The van der Waals surface area contributed by atoms with Gasteiger partial charge in [-0.05, 0) is 36.6 Å². The van der Waals surface area contributed by atoms with Gasteiger partial charge in [0.2, 0.25) is 0 Å². The van der Waals surface area contributed by atoms with E-state index in [1.807, 2.05) is 29.7 Å². The molecule has 0 bridgehead atoms. The van der Waals surface area contributed by atoms with Gasteiger partial charge in [0.15, 0.2) is 0 Å². The van der Waals surface area contributed by atoms with Gasteiger partial charge in [-0.15, -0.1) is 11.3 Å². The molecule has 4 aromatic rings. The number of carbonyl (C=O) groups excluding carboxylic acids is 1. The fraction of sp³-hybridized carbons (Fsp3) is 0.143. The molecule has 1 aliphatic rings. The van der Waals surface area contributed by atoms with E-state index >= 15 is 0 Å². The van der Waals surface area contributed by atoms with Crippen LogP contribution in [0.2, 0.25) is 0 Å². The number of aromatic nitrogens is 2. The van der Waals surface area contributed by atoms with Crippen molar-refractivity contribution >= 4 is 56.4 Å². The first-order valence-corrected chi connectivity index (χ1v) is 10.0. The Hall–Kier alpha value is -3.52. The van der Waals surface area contributed by atoms with Gasteiger partial charge in [0.1, 0.15) is 23.3 Å². The molecule has 144 valence electrons. The predicted molar refractivity (Wildman–Crippen MR) is 114 cm³/mol. The van der Waals surface area contributed by atoms with Crippen LogP contribution in [0.3, 0.4) is 0 Å². The number of nitrogen functional groups attached to an aromatic ring is 1. The number of anilines is 1. The molecular weight excluding hydrogens is 388 g/mol. The highest BCUT2D eigenvalue weighted by molar-refractivity contribution is 7.18. The van der Waals surface area contributed by atoms with E-state index in [1.165, 1.54) is 17.7 Å². The van der Waals surface area contributed by atoms with Crippen molar-refractivity contribution in [2.75, 3.05) is 5.73 Å². The molecule has 1 aliphatic carbocycles. The number of amides is 1. The van der Waals surface area contributed by atoms with Crippen LogP contribution in [0.5, 0.6) is 0 Å². The Kier molecular flexibility index (Phi) is 4.13. The summed E-state index contributed by atoms with van der Waals surface area (Å²) < 4.78 is 6.18. The number of rotatable bonds is 4. The Morgan fingerprint density at radius 3 is 2.93 bits per heavy atom. The molecule has 7 nitrogen and oxygen atoms in total. The number of thiophene rings is 1. The summed E-state index contributed by atoms with van der Waals surface area (Å²) in [5.41, 5.74) is 8.40. The van der Waals surface area contributed by atoms with Gasteiger partial charge < -0.3 is 15.5 Å². The van der Waals surface area contributed by atoms with E-state index in [9.17, 15) is 9.59 Å². The van der Waals surface area contributed by atoms with Crippen LogP contribution < -0.4 is 16.7 Å². The Labute approximate surface area is 168 Å². The van der Waals surface area contributed by atoms with Crippen molar-refractivity contribution in [3.63, 3.8) is 0 Å². The molecule has 1 fully saturated rings. The van der Waals surface area contributed by atoms with Gasteiger partial charge in [-0.2, -0.15) is 0 Å². The third kappa shape index (κ3) is 3.38. The lowest BCUT2D eigenvalue weighted by atomic mass is 10.1. The van der Waals surface area contributed by atoms with E-state index in [4.69, 9.17) is 10.2 Å². The molecule has 1 saturated carbocycles. The lowest BCUT2D eigenvalue weighted by Gasteiger charge is -2.04. The van der Waals surface area contributed by atoms with Crippen LogP contribution in [0.4, 0.5) is 5.82 Å². The highest BCUT2D eigenvalue weighted by Gasteiger charge is 2.25. The summed E-state index contributed by atoms with van der Waals surface area (Å²) in [6.07, 6.45) is 7.25. The quantitative estimate of drug-likeness (QED) is 0.504. The third-order valence-corrected chi connectivity index (χ3v) is 5.79. The molecule has 0 radical (unpaired) electrons. The third-order valence-electron chi connectivity index (χ3n) is 4.78. The smallest absolute Gasteiger partial charge is 0.349 e. The predicted octanol–water partition coefficient (Wildman–Crippen LogP) is 3.44. The average Bonchev–Trinajstić information content (AvgIpc) is 3.42. The molecule has 0 aliphatic heterocycles. The van der Waals surface area contributed by atoms with Gasteiger partial charge in [0.05, 0.1) is 10.2 Å². The highest BCUT2D eigenvalue weighted by Crippen LogP contribution is 2.29. The molecule has 0 atom stereocenters. The van der Waals surface area contributed by atoms with Crippen LogP contribution in [0.15, 0.2) is 45.2 Å². The molecule has 0 saturated heterocycles. The molecule has 1 amide bonds. The Bertz CT molecular complexity index is 1350. The zero-order valence-corrected chi connectivity index (χ0v) is 16.0. The Morgan fingerprint density at radius 1 is 1.24 bits per heavy atom. The van der Waals surface area contributed by atoms with E-state index < -0.39 is 5.63 Å². The van der Waals surface area contributed by atoms with Crippen molar-refractivity contribution in [1.82, 2.24) is 15.3 Å². The van der Waals surface area contributed by atoms with E-state index in [0.717, 1.165) is 34.2 Å². The molecule has 1 aromatic carbocycles. The minimum absolute atomic E-state index is 0.0292. The van der Waals surface area contributed by atoms with E-state index in [1.54, 1.807) is 12.1 Å². The zero-order valence-electron chi connectivity index (χ0n) is 15.2.